The van der Waals surface area contributed by atoms with E-state index in [9.17, 15) is 4.79 Å². The highest BCUT2D eigenvalue weighted by molar-refractivity contribution is 14.1. The first kappa shape index (κ1) is 8.58. The third-order valence-corrected chi connectivity index (χ3v) is 1.91. The van der Waals surface area contributed by atoms with E-state index < -0.39 is 0 Å². The number of aromatic nitrogens is 2. The molecule has 0 spiro atoms. The van der Waals surface area contributed by atoms with Gasteiger partial charge in [0, 0.05) is 12.4 Å². The van der Waals surface area contributed by atoms with E-state index in [1.807, 2.05) is 0 Å². The van der Waals surface area contributed by atoms with E-state index in [0.717, 1.165) is 10.3 Å². The SMILES string of the molecule is CC(=O)c1cnc(CI)nc1. The summed E-state index contributed by atoms with van der Waals surface area (Å²) >= 11 is 2.17. The number of nitrogens with zero attached hydrogens (tertiary/aromatic N) is 2. The highest BCUT2D eigenvalue weighted by Crippen LogP contribution is 2.00. The molecule has 0 atom stereocenters. The Balaban J connectivity index is 2.91. The summed E-state index contributed by atoms with van der Waals surface area (Å²) in [4.78, 5) is 18.7. The number of Topliss-reactive ketones (excluding diaryl/α,β-unsaturated/α-hetero) is 1. The lowest BCUT2D eigenvalue weighted by Gasteiger charge is -1.94. The first-order valence-electron chi connectivity index (χ1n) is 3.12. The Kier molecular flexibility index (Phi) is 2.92. The van der Waals surface area contributed by atoms with Gasteiger partial charge in [-0.15, -0.1) is 0 Å². The van der Waals surface area contributed by atoms with Crippen LogP contribution in [0.3, 0.4) is 0 Å². The minimum atomic E-state index is 0.00464. The largest absolute Gasteiger partial charge is 0.294 e. The Labute approximate surface area is 78.4 Å². The van der Waals surface area contributed by atoms with Crippen LogP contribution in [0.4, 0.5) is 0 Å². The molecular formula is C7H7IN2O. The van der Waals surface area contributed by atoms with Gasteiger partial charge in [-0.05, 0) is 6.92 Å². The van der Waals surface area contributed by atoms with Crippen molar-refractivity contribution in [1.29, 1.82) is 0 Å². The van der Waals surface area contributed by atoms with Crippen molar-refractivity contribution >= 4 is 28.4 Å². The van der Waals surface area contributed by atoms with Crippen LogP contribution in [0.15, 0.2) is 12.4 Å². The van der Waals surface area contributed by atoms with Gasteiger partial charge in [0.05, 0.1) is 9.99 Å². The lowest BCUT2D eigenvalue weighted by Crippen LogP contribution is -1.97. The van der Waals surface area contributed by atoms with Crippen molar-refractivity contribution in [2.24, 2.45) is 0 Å². The summed E-state index contributed by atoms with van der Waals surface area (Å²) in [5, 5.41) is 0. The number of alkyl halides is 1. The van der Waals surface area contributed by atoms with Gasteiger partial charge in [0.2, 0.25) is 0 Å². The molecule has 4 heteroatoms. The van der Waals surface area contributed by atoms with Crippen molar-refractivity contribution < 1.29 is 4.79 Å². The molecule has 0 saturated carbocycles. The third kappa shape index (κ3) is 2.21. The molecule has 0 bridgehead atoms. The van der Waals surface area contributed by atoms with Crippen LogP contribution < -0.4 is 0 Å². The van der Waals surface area contributed by atoms with Gasteiger partial charge in [-0.1, -0.05) is 22.6 Å². The number of hydrogen-bond acceptors (Lipinski definition) is 3. The first-order chi connectivity index (χ1) is 5.24. The van der Waals surface area contributed by atoms with Crippen LogP contribution in [0.2, 0.25) is 0 Å². The van der Waals surface area contributed by atoms with Crippen molar-refractivity contribution in [2.45, 2.75) is 11.4 Å². The van der Waals surface area contributed by atoms with E-state index in [1.165, 1.54) is 6.92 Å². The predicted molar refractivity (Wildman–Crippen MR) is 49.8 cm³/mol. The average Bonchev–Trinajstić information content (AvgIpc) is 2.05. The highest BCUT2D eigenvalue weighted by atomic mass is 127. The summed E-state index contributed by atoms with van der Waals surface area (Å²) in [7, 11) is 0. The summed E-state index contributed by atoms with van der Waals surface area (Å²) in [6.07, 6.45) is 3.12. The van der Waals surface area contributed by atoms with Crippen LogP contribution >= 0.6 is 22.6 Å². The molecule has 0 saturated heterocycles. The Morgan fingerprint density at radius 2 is 2.09 bits per heavy atom. The van der Waals surface area contributed by atoms with E-state index in [4.69, 9.17) is 0 Å². The molecule has 0 aliphatic carbocycles. The van der Waals surface area contributed by atoms with Gasteiger partial charge in [-0.2, -0.15) is 0 Å². The number of carbonyl (C=O) groups is 1. The maximum atomic E-state index is 10.8. The molecule has 0 unspecified atom stereocenters. The molecule has 0 radical (unpaired) electrons. The molecule has 0 N–H and O–H groups in total. The smallest absolute Gasteiger partial charge is 0.162 e. The second-order valence-corrected chi connectivity index (χ2v) is 2.84. The van der Waals surface area contributed by atoms with Crippen molar-refractivity contribution in [1.82, 2.24) is 9.97 Å². The molecule has 0 aromatic carbocycles. The zero-order valence-corrected chi connectivity index (χ0v) is 8.20. The Bertz CT molecular complexity index is 258. The fraction of sp³-hybridized carbons (Fsp3) is 0.286. The van der Waals surface area contributed by atoms with E-state index in [2.05, 4.69) is 32.6 Å². The second-order valence-electron chi connectivity index (χ2n) is 2.08. The molecule has 0 amide bonds. The predicted octanol–water partition coefficient (Wildman–Crippen LogP) is 1.61. The molecule has 1 aromatic heterocycles. The Morgan fingerprint density at radius 1 is 1.55 bits per heavy atom. The number of rotatable bonds is 2. The standard InChI is InChI=1S/C7H7IN2O/c1-5(11)6-3-9-7(2-8)10-4-6/h3-4H,2H2,1H3. The molecule has 1 heterocycles. The zero-order valence-electron chi connectivity index (χ0n) is 6.04. The number of carbonyl (C=O) groups excluding carboxylic acids is 1. The van der Waals surface area contributed by atoms with Gasteiger partial charge in [0.25, 0.3) is 0 Å². The summed E-state index contributed by atoms with van der Waals surface area (Å²) < 4.78 is 0.774. The third-order valence-electron chi connectivity index (χ3n) is 1.23. The molecule has 58 valence electrons. The highest BCUT2D eigenvalue weighted by Gasteiger charge is 1.99. The van der Waals surface area contributed by atoms with Gasteiger partial charge in [-0.3, -0.25) is 4.79 Å². The van der Waals surface area contributed by atoms with E-state index in [1.54, 1.807) is 12.4 Å². The normalized spacial score (nSPS) is 9.64. The number of halogens is 1. The second kappa shape index (κ2) is 3.75. The van der Waals surface area contributed by atoms with Crippen molar-refractivity contribution in [3.63, 3.8) is 0 Å². The lowest BCUT2D eigenvalue weighted by molar-refractivity contribution is 0.101. The summed E-state index contributed by atoms with van der Waals surface area (Å²) in [5.41, 5.74) is 0.568. The molecule has 0 fully saturated rings. The van der Waals surface area contributed by atoms with E-state index in [0.29, 0.717) is 5.56 Å². The van der Waals surface area contributed by atoms with Gasteiger partial charge < -0.3 is 0 Å². The maximum absolute atomic E-state index is 10.8. The van der Waals surface area contributed by atoms with Crippen LogP contribution in [-0.2, 0) is 4.43 Å². The first-order valence-corrected chi connectivity index (χ1v) is 4.64. The topological polar surface area (TPSA) is 42.9 Å². The molecule has 0 aliphatic heterocycles. The van der Waals surface area contributed by atoms with E-state index >= 15 is 0 Å². The number of ketones is 1. The van der Waals surface area contributed by atoms with Crippen LogP contribution in [0.5, 0.6) is 0 Å². The fourth-order valence-electron chi connectivity index (χ4n) is 0.606. The van der Waals surface area contributed by atoms with Crippen LogP contribution in [0, 0.1) is 0 Å². The molecule has 1 rings (SSSR count). The molecule has 1 aromatic rings. The summed E-state index contributed by atoms with van der Waals surface area (Å²) in [6, 6.07) is 0. The zero-order chi connectivity index (χ0) is 8.27. The minimum absolute atomic E-state index is 0.00464. The van der Waals surface area contributed by atoms with E-state index in [-0.39, 0.29) is 5.78 Å². The van der Waals surface area contributed by atoms with Crippen molar-refractivity contribution in [2.75, 3.05) is 0 Å². The fourth-order valence-corrected chi connectivity index (χ4v) is 0.999. The van der Waals surface area contributed by atoms with Crippen molar-refractivity contribution in [3.8, 4) is 0 Å². The van der Waals surface area contributed by atoms with Crippen LogP contribution in [0.25, 0.3) is 0 Å². The molecular weight excluding hydrogens is 255 g/mol. The monoisotopic (exact) mass is 262 g/mol. The molecule has 3 nitrogen and oxygen atoms in total. The van der Waals surface area contributed by atoms with Crippen LogP contribution in [0.1, 0.15) is 23.1 Å². The van der Waals surface area contributed by atoms with Gasteiger partial charge in [0.15, 0.2) is 5.78 Å². The Morgan fingerprint density at radius 3 is 2.45 bits per heavy atom. The number of hydrogen-bond donors (Lipinski definition) is 0. The maximum Gasteiger partial charge on any atom is 0.162 e. The van der Waals surface area contributed by atoms with Crippen molar-refractivity contribution in [3.05, 3.63) is 23.8 Å². The van der Waals surface area contributed by atoms with Gasteiger partial charge >= 0.3 is 0 Å². The van der Waals surface area contributed by atoms with Gasteiger partial charge in [-0.25, -0.2) is 9.97 Å². The summed E-state index contributed by atoms with van der Waals surface area (Å²) in [5.74, 6) is 0.764. The lowest BCUT2D eigenvalue weighted by atomic mass is 10.2. The quantitative estimate of drug-likeness (QED) is 0.462. The van der Waals surface area contributed by atoms with Crippen LogP contribution in [-0.4, -0.2) is 15.8 Å². The molecule has 11 heavy (non-hydrogen) atoms. The Hall–Kier alpha value is -0.520. The van der Waals surface area contributed by atoms with Gasteiger partial charge in [0.1, 0.15) is 5.82 Å². The minimum Gasteiger partial charge on any atom is -0.294 e. The summed E-state index contributed by atoms with van der Waals surface area (Å²) in [6.45, 7) is 1.50. The average molecular weight is 262 g/mol. The molecule has 0 aliphatic rings.